The number of cyclic esters (lactones) is 2. The SMILES string of the molecule is CCCC1(OCC=C(F)F)COC(=O)O1. The molecule has 0 spiro atoms. The van der Waals surface area contributed by atoms with Crippen LogP contribution in [0.2, 0.25) is 0 Å². The standard InChI is InChI=1S/C9H12F2O4/c1-2-4-9(6-13-8(12)15-9)14-5-3-7(10)11/h3H,2,4-6H2,1H3. The van der Waals surface area contributed by atoms with Gasteiger partial charge in [-0.25, -0.2) is 4.79 Å². The van der Waals surface area contributed by atoms with Gasteiger partial charge in [0.15, 0.2) is 6.61 Å². The van der Waals surface area contributed by atoms with Gasteiger partial charge in [0.05, 0.1) is 6.61 Å². The Labute approximate surface area is 85.8 Å². The Morgan fingerprint density at radius 1 is 1.67 bits per heavy atom. The molecule has 86 valence electrons. The largest absolute Gasteiger partial charge is 0.511 e. The molecular formula is C9H12F2O4. The van der Waals surface area contributed by atoms with Crippen molar-refractivity contribution in [3.8, 4) is 0 Å². The molecule has 0 aromatic rings. The van der Waals surface area contributed by atoms with Gasteiger partial charge in [-0.1, -0.05) is 6.92 Å². The average Bonchev–Trinajstić information content (AvgIpc) is 2.48. The van der Waals surface area contributed by atoms with Crippen LogP contribution in [0.25, 0.3) is 0 Å². The summed E-state index contributed by atoms with van der Waals surface area (Å²) < 4.78 is 38.0. The lowest BCUT2D eigenvalue weighted by molar-refractivity contribution is -0.176. The highest BCUT2D eigenvalue weighted by Crippen LogP contribution is 2.27. The van der Waals surface area contributed by atoms with Crippen LogP contribution in [0.4, 0.5) is 13.6 Å². The molecular weight excluding hydrogens is 210 g/mol. The summed E-state index contributed by atoms with van der Waals surface area (Å²) in [6.07, 6.45) is -0.928. The van der Waals surface area contributed by atoms with Crippen LogP contribution in [0.3, 0.4) is 0 Å². The van der Waals surface area contributed by atoms with E-state index in [-0.39, 0.29) is 13.2 Å². The fraction of sp³-hybridized carbons (Fsp3) is 0.667. The van der Waals surface area contributed by atoms with Crippen LogP contribution in [0, 0.1) is 0 Å². The van der Waals surface area contributed by atoms with E-state index in [0.29, 0.717) is 18.9 Å². The van der Waals surface area contributed by atoms with Crippen molar-refractivity contribution in [2.45, 2.75) is 25.6 Å². The van der Waals surface area contributed by atoms with Gasteiger partial charge in [0.2, 0.25) is 0 Å². The highest BCUT2D eigenvalue weighted by atomic mass is 19.3. The Morgan fingerprint density at radius 2 is 2.40 bits per heavy atom. The highest BCUT2D eigenvalue weighted by Gasteiger charge is 2.42. The van der Waals surface area contributed by atoms with Gasteiger partial charge in [-0.15, -0.1) is 0 Å². The lowest BCUT2D eigenvalue weighted by Crippen LogP contribution is -2.35. The van der Waals surface area contributed by atoms with Crippen LogP contribution in [0.1, 0.15) is 19.8 Å². The van der Waals surface area contributed by atoms with E-state index in [4.69, 9.17) is 9.47 Å². The normalized spacial score (nSPS) is 24.6. The van der Waals surface area contributed by atoms with Gasteiger partial charge in [0.1, 0.15) is 0 Å². The molecule has 1 fully saturated rings. The highest BCUT2D eigenvalue weighted by molar-refractivity contribution is 5.62. The van der Waals surface area contributed by atoms with Crippen LogP contribution in [0.5, 0.6) is 0 Å². The number of ether oxygens (including phenoxy) is 3. The third-order valence-electron chi connectivity index (χ3n) is 1.89. The van der Waals surface area contributed by atoms with Crippen molar-refractivity contribution in [2.75, 3.05) is 13.2 Å². The monoisotopic (exact) mass is 222 g/mol. The van der Waals surface area contributed by atoms with Crippen molar-refractivity contribution in [3.05, 3.63) is 12.2 Å². The van der Waals surface area contributed by atoms with Crippen LogP contribution < -0.4 is 0 Å². The van der Waals surface area contributed by atoms with Gasteiger partial charge in [-0.2, -0.15) is 8.78 Å². The Bertz CT molecular complexity index is 263. The number of hydrogen-bond acceptors (Lipinski definition) is 4. The predicted molar refractivity (Wildman–Crippen MR) is 46.3 cm³/mol. The molecule has 0 radical (unpaired) electrons. The van der Waals surface area contributed by atoms with E-state index in [0.717, 1.165) is 0 Å². The van der Waals surface area contributed by atoms with Crippen molar-refractivity contribution in [1.82, 2.24) is 0 Å². The number of carbonyl (C=O) groups excluding carboxylic acids is 1. The summed E-state index contributed by atoms with van der Waals surface area (Å²) in [4.78, 5) is 10.7. The molecule has 0 saturated carbocycles. The third kappa shape index (κ3) is 3.47. The Balaban J connectivity index is 2.51. The molecule has 0 aromatic heterocycles. The second-order valence-corrected chi connectivity index (χ2v) is 3.11. The Hall–Kier alpha value is -1.17. The lowest BCUT2D eigenvalue weighted by atomic mass is 10.1. The first kappa shape index (κ1) is 11.9. The van der Waals surface area contributed by atoms with Crippen molar-refractivity contribution in [3.63, 3.8) is 0 Å². The minimum absolute atomic E-state index is 0.0541. The lowest BCUT2D eigenvalue weighted by Gasteiger charge is -2.23. The molecule has 1 aliphatic rings. The third-order valence-corrected chi connectivity index (χ3v) is 1.89. The zero-order valence-corrected chi connectivity index (χ0v) is 8.29. The molecule has 0 amide bonds. The van der Waals surface area contributed by atoms with E-state index < -0.39 is 18.0 Å². The smallest absolute Gasteiger partial charge is 0.427 e. The first-order valence-corrected chi connectivity index (χ1v) is 4.59. The summed E-state index contributed by atoms with van der Waals surface area (Å²) in [5.41, 5.74) is 0. The summed E-state index contributed by atoms with van der Waals surface area (Å²) >= 11 is 0. The zero-order chi connectivity index (χ0) is 11.3. The number of rotatable bonds is 5. The molecule has 0 bridgehead atoms. The molecule has 1 unspecified atom stereocenters. The molecule has 0 N–H and O–H groups in total. The number of halogens is 2. The molecule has 0 aliphatic carbocycles. The Morgan fingerprint density at radius 3 is 2.87 bits per heavy atom. The zero-order valence-electron chi connectivity index (χ0n) is 8.29. The van der Waals surface area contributed by atoms with Crippen LogP contribution in [-0.4, -0.2) is 25.2 Å². The van der Waals surface area contributed by atoms with Crippen molar-refractivity contribution >= 4 is 6.16 Å². The average molecular weight is 222 g/mol. The molecule has 1 atom stereocenters. The maximum absolute atomic E-state index is 11.7. The van der Waals surface area contributed by atoms with Gasteiger partial charge >= 0.3 is 6.16 Å². The summed E-state index contributed by atoms with van der Waals surface area (Å²) in [6.45, 7) is 1.50. The summed E-state index contributed by atoms with van der Waals surface area (Å²) in [5.74, 6) is -1.20. The molecule has 0 aromatic carbocycles. The maximum atomic E-state index is 11.7. The summed E-state index contributed by atoms with van der Waals surface area (Å²) in [5, 5.41) is 0. The molecule has 15 heavy (non-hydrogen) atoms. The predicted octanol–water partition coefficient (Wildman–Crippen LogP) is 2.45. The van der Waals surface area contributed by atoms with Crippen molar-refractivity contribution < 1.29 is 27.8 Å². The van der Waals surface area contributed by atoms with Gasteiger partial charge in [-0.05, 0) is 6.42 Å². The van der Waals surface area contributed by atoms with Gasteiger partial charge in [0.25, 0.3) is 11.9 Å². The summed E-state index contributed by atoms with van der Waals surface area (Å²) in [7, 11) is 0. The van der Waals surface area contributed by atoms with E-state index in [2.05, 4.69) is 4.74 Å². The fourth-order valence-electron chi connectivity index (χ4n) is 1.28. The van der Waals surface area contributed by atoms with Crippen molar-refractivity contribution in [2.24, 2.45) is 0 Å². The van der Waals surface area contributed by atoms with E-state index >= 15 is 0 Å². The molecule has 6 heteroatoms. The first-order chi connectivity index (χ1) is 7.08. The van der Waals surface area contributed by atoms with Gasteiger partial charge < -0.3 is 14.2 Å². The molecule has 1 aliphatic heterocycles. The van der Waals surface area contributed by atoms with Crippen LogP contribution in [-0.2, 0) is 14.2 Å². The van der Waals surface area contributed by atoms with Gasteiger partial charge in [0, 0.05) is 12.5 Å². The van der Waals surface area contributed by atoms with E-state index in [9.17, 15) is 13.6 Å². The first-order valence-electron chi connectivity index (χ1n) is 4.59. The maximum Gasteiger partial charge on any atom is 0.511 e. The molecule has 1 rings (SSSR count). The summed E-state index contributed by atoms with van der Waals surface area (Å²) in [6, 6.07) is 0. The molecule has 1 heterocycles. The molecule has 1 saturated heterocycles. The fourth-order valence-corrected chi connectivity index (χ4v) is 1.28. The second-order valence-electron chi connectivity index (χ2n) is 3.11. The number of hydrogen-bond donors (Lipinski definition) is 0. The minimum atomic E-state index is -1.83. The number of carbonyl (C=O) groups is 1. The van der Waals surface area contributed by atoms with Crippen LogP contribution in [0.15, 0.2) is 12.2 Å². The Kier molecular flexibility index (Phi) is 4.02. The van der Waals surface area contributed by atoms with Crippen LogP contribution >= 0.6 is 0 Å². The van der Waals surface area contributed by atoms with E-state index in [1.807, 2.05) is 6.92 Å². The second kappa shape index (κ2) is 5.06. The van der Waals surface area contributed by atoms with E-state index in [1.54, 1.807) is 0 Å². The van der Waals surface area contributed by atoms with Crippen molar-refractivity contribution in [1.29, 1.82) is 0 Å². The topological polar surface area (TPSA) is 44.8 Å². The molecule has 4 nitrogen and oxygen atoms in total. The minimum Gasteiger partial charge on any atom is -0.427 e. The van der Waals surface area contributed by atoms with E-state index in [1.165, 1.54) is 0 Å². The quantitative estimate of drug-likeness (QED) is 0.670. The van der Waals surface area contributed by atoms with Gasteiger partial charge in [-0.3, -0.25) is 0 Å².